The zero-order valence-electron chi connectivity index (χ0n) is 18.0. The standard InChI is InChI=1S/C23H20F6N2O2S/c1-14(21(33)31-11-9-30(10-12-31)15(2)32)16-7-8-20(18(13-16)23(27,28)29)34-19-6-4-3-5-17(19)22(24,25)26/h3-8,13H,1,9-12H2,2H3. The predicted molar refractivity (Wildman–Crippen MR) is 115 cm³/mol. The smallest absolute Gasteiger partial charge is 0.339 e. The number of hydrogen-bond acceptors (Lipinski definition) is 3. The number of piperazine rings is 1. The van der Waals surface area contributed by atoms with Crippen LogP contribution in [0.3, 0.4) is 0 Å². The van der Waals surface area contributed by atoms with Crippen molar-refractivity contribution in [1.29, 1.82) is 0 Å². The van der Waals surface area contributed by atoms with E-state index in [-0.39, 0.29) is 35.0 Å². The SMILES string of the molecule is C=C(C(=O)N1CCN(C(C)=O)CC1)c1ccc(Sc2ccccc2C(F)(F)F)c(C(F)(F)F)c1. The van der Waals surface area contributed by atoms with Gasteiger partial charge in [-0.05, 0) is 29.8 Å². The Hall–Kier alpha value is -2.95. The summed E-state index contributed by atoms with van der Waals surface area (Å²) in [7, 11) is 0. The maximum absolute atomic E-state index is 13.8. The lowest BCUT2D eigenvalue weighted by Gasteiger charge is -2.34. The third-order valence-electron chi connectivity index (χ3n) is 5.32. The molecular formula is C23H20F6N2O2S. The summed E-state index contributed by atoms with van der Waals surface area (Å²) in [5.74, 6) is -0.708. The first kappa shape index (κ1) is 25.7. The Bertz CT molecular complexity index is 1110. The predicted octanol–water partition coefficient (Wildman–Crippen LogP) is 5.58. The van der Waals surface area contributed by atoms with Crippen molar-refractivity contribution in [2.45, 2.75) is 29.1 Å². The van der Waals surface area contributed by atoms with Crippen LogP contribution in [0, 0.1) is 0 Å². The fourth-order valence-electron chi connectivity index (χ4n) is 3.48. The maximum atomic E-state index is 13.8. The van der Waals surface area contributed by atoms with Gasteiger partial charge in [0.25, 0.3) is 5.91 Å². The summed E-state index contributed by atoms with van der Waals surface area (Å²) in [5, 5.41) is 0. The van der Waals surface area contributed by atoms with Gasteiger partial charge in [-0.3, -0.25) is 9.59 Å². The van der Waals surface area contributed by atoms with E-state index in [0.717, 1.165) is 30.3 Å². The second-order valence-electron chi connectivity index (χ2n) is 7.58. The van der Waals surface area contributed by atoms with Crippen LogP contribution in [0.4, 0.5) is 26.3 Å². The molecule has 0 aromatic heterocycles. The second-order valence-corrected chi connectivity index (χ2v) is 8.67. The Morgan fingerprint density at radius 1 is 0.824 bits per heavy atom. The normalized spacial score (nSPS) is 14.8. The molecule has 0 atom stereocenters. The molecule has 1 aliphatic rings. The number of benzene rings is 2. The second kappa shape index (κ2) is 9.73. The average Bonchev–Trinajstić information content (AvgIpc) is 2.77. The van der Waals surface area contributed by atoms with Crippen LogP contribution in [0.2, 0.25) is 0 Å². The minimum atomic E-state index is -4.87. The van der Waals surface area contributed by atoms with E-state index >= 15 is 0 Å². The summed E-state index contributed by atoms with van der Waals surface area (Å²) in [6.07, 6.45) is -9.60. The van der Waals surface area contributed by atoms with Crippen molar-refractivity contribution in [2.24, 2.45) is 0 Å². The van der Waals surface area contributed by atoms with Gasteiger partial charge in [0, 0.05) is 48.5 Å². The van der Waals surface area contributed by atoms with E-state index in [4.69, 9.17) is 0 Å². The van der Waals surface area contributed by atoms with E-state index in [0.29, 0.717) is 24.9 Å². The maximum Gasteiger partial charge on any atom is 0.417 e. The molecule has 3 rings (SSSR count). The zero-order chi connectivity index (χ0) is 25.3. The van der Waals surface area contributed by atoms with Gasteiger partial charge in [-0.2, -0.15) is 26.3 Å². The Balaban J connectivity index is 1.88. The van der Waals surface area contributed by atoms with Crippen molar-refractivity contribution >= 4 is 29.1 Å². The Kier molecular flexibility index (Phi) is 7.35. The number of hydrogen-bond donors (Lipinski definition) is 0. The fourth-order valence-corrected chi connectivity index (χ4v) is 4.57. The molecule has 11 heteroatoms. The van der Waals surface area contributed by atoms with Crippen LogP contribution in [0.1, 0.15) is 23.6 Å². The van der Waals surface area contributed by atoms with Crippen LogP contribution in [0.5, 0.6) is 0 Å². The lowest BCUT2D eigenvalue weighted by atomic mass is 10.0. The molecule has 2 aromatic carbocycles. The van der Waals surface area contributed by atoms with Crippen LogP contribution >= 0.6 is 11.8 Å². The first-order chi connectivity index (χ1) is 15.8. The van der Waals surface area contributed by atoms with Gasteiger partial charge in [0.15, 0.2) is 0 Å². The van der Waals surface area contributed by atoms with Gasteiger partial charge in [0.1, 0.15) is 0 Å². The van der Waals surface area contributed by atoms with E-state index < -0.39 is 34.3 Å². The number of carbonyl (C=O) groups excluding carboxylic acids is 2. The summed E-state index contributed by atoms with van der Waals surface area (Å²) >= 11 is 0.352. The Morgan fingerprint density at radius 3 is 1.91 bits per heavy atom. The number of nitrogens with zero attached hydrogens (tertiary/aromatic N) is 2. The third kappa shape index (κ3) is 5.75. The van der Waals surface area contributed by atoms with Gasteiger partial charge >= 0.3 is 12.4 Å². The lowest BCUT2D eigenvalue weighted by molar-refractivity contribution is -0.140. The number of halogens is 6. The van der Waals surface area contributed by atoms with Gasteiger partial charge in [-0.25, -0.2) is 0 Å². The molecule has 4 nitrogen and oxygen atoms in total. The first-order valence-electron chi connectivity index (χ1n) is 10.1. The van der Waals surface area contributed by atoms with Crippen molar-refractivity contribution < 1.29 is 35.9 Å². The number of carbonyl (C=O) groups is 2. The van der Waals surface area contributed by atoms with Gasteiger partial charge in [0.2, 0.25) is 5.91 Å². The van der Waals surface area contributed by atoms with Crippen LogP contribution in [-0.2, 0) is 21.9 Å². The molecule has 0 saturated carbocycles. The van der Waals surface area contributed by atoms with E-state index in [1.807, 2.05) is 0 Å². The average molecular weight is 502 g/mol. The fraction of sp³-hybridized carbons (Fsp3) is 0.304. The van der Waals surface area contributed by atoms with Crippen molar-refractivity contribution in [3.05, 3.63) is 65.7 Å². The van der Waals surface area contributed by atoms with Gasteiger partial charge in [-0.1, -0.05) is 36.5 Å². The highest BCUT2D eigenvalue weighted by Gasteiger charge is 2.37. The Labute approximate surface area is 196 Å². The molecule has 0 bridgehead atoms. The highest BCUT2D eigenvalue weighted by molar-refractivity contribution is 7.99. The van der Waals surface area contributed by atoms with Crippen LogP contribution in [0.15, 0.2) is 58.8 Å². The molecule has 0 N–H and O–H groups in total. The molecule has 1 aliphatic heterocycles. The molecular weight excluding hydrogens is 482 g/mol. The molecule has 0 unspecified atom stereocenters. The van der Waals surface area contributed by atoms with Gasteiger partial charge in [-0.15, -0.1) is 0 Å². The summed E-state index contributed by atoms with van der Waals surface area (Å²) < 4.78 is 81.3. The van der Waals surface area contributed by atoms with Gasteiger partial charge in [0.05, 0.1) is 11.1 Å². The molecule has 34 heavy (non-hydrogen) atoms. The quantitative estimate of drug-likeness (QED) is 0.405. The summed E-state index contributed by atoms with van der Waals surface area (Å²) in [6, 6.07) is 7.38. The summed E-state index contributed by atoms with van der Waals surface area (Å²) in [4.78, 5) is 26.4. The van der Waals surface area contributed by atoms with Crippen molar-refractivity contribution in [3.8, 4) is 0 Å². The van der Waals surface area contributed by atoms with E-state index in [2.05, 4.69) is 6.58 Å². The summed E-state index contributed by atoms with van der Waals surface area (Å²) in [6.45, 7) is 6.08. The minimum Gasteiger partial charge on any atom is -0.339 e. The highest BCUT2D eigenvalue weighted by atomic mass is 32.2. The molecule has 0 radical (unpaired) electrons. The van der Waals surface area contributed by atoms with Crippen molar-refractivity contribution in [3.63, 3.8) is 0 Å². The molecule has 182 valence electrons. The van der Waals surface area contributed by atoms with E-state index in [9.17, 15) is 35.9 Å². The summed E-state index contributed by atoms with van der Waals surface area (Å²) in [5.41, 5.74) is -2.46. The minimum absolute atomic E-state index is 0.0835. The highest BCUT2D eigenvalue weighted by Crippen LogP contribution is 2.44. The molecule has 1 saturated heterocycles. The third-order valence-corrected chi connectivity index (χ3v) is 6.47. The molecule has 0 aliphatic carbocycles. The van der Waals surface area contributed by atoms with Gasteiger partial charge < -0.3 is 9.80 Å². The van der Waals surface area contributed by atoms with Crippen LogP contribution in [-0.4, -0.2) is 47.8 Å². The monoisotopic (exact) mass is 502 g/mol. The topological polar surface area (TPSA) is 40.6 Å². The van der Waals surface area contributed by atoms with Crippen molar-refractivity contribution in [2.75, 3.05) is 26.2 Å². The first-order valence-corrected chi connectivity index (χ1v) is 10.9. The lowest BCUT2D eigenvalue weighted by Crippen LogP contribution is -2.50. The van der Waals surface area contributed by atoms with E-state index in [1.54, 1.807) is 4.90 Å². The Morgan fingerprint density at radius 2 is 1.35 bits per heavy atom. The van der Waals surface area contributed by atoms with Crippen molar-refractivity contribution in [1.82, 2.24) is 9.80 Å². The molecule has 2 aromatic rings. The number of amides is 2. The zero-order valence-corrected chi connectivity index (χ0v) is 18.8. The largest absolute Gasteiger partial charge is 0.417 e. The van der Waals surface area contributed by atoms with Crippen LogP contribution < -0.4 is 0 Å². The molecule has 1 heterocycles. The molecule has 1 fully saturated rings. The van der Waals surface area contributed by atoms with Crippen LogP contribution in [0.25, 0.3) is 5.57 Å². The molecule has 2 amide bonds. The number of alkyl halides is 6. The number of rotatable bonds is 4. The van der Waals surface area contributed by atoms with E-state index in [1.165, 1.54) is 24.0 Å². The molecule has 0 spiro atoms.